The zero-order chi connectivity index (χ0) is 14.9. The van der Waals surface area contributed by atoms with E-state index in [1.807, 2.05) is 0 Å². The minimum atomic E-state index is -0.446. The Bertz CT molecular complexity index is 530. The van der Waals surface area contributed by atoms with E-state index in [9.17, 15) is 0 Å². The average molecular weight is 488 g/mol. The summed E-state index contributed by atoms with van der Waals surface area (Å²) in [6, 6.07) is 32.3. The van der Waals surface area contributed by atoms with E-state index in [0.717, 1.165) is 0 Å². The van der Waals surface area contributed by atoms with Crippen molar-refractivity contribution >= 4 is 23.8 Å². The van der Waals surface area contributed by atoms with Gasteiger partial charge in [0.15, 0.2) is 0 Å². The fourth-order valence-electron chi connectivity index (χ4n) is 2.18. The molecule has 0 unspecified atom stereocenters. The Morgan fingerprint density at radius 1 is 0.500 bits per heavy atom. The second-order valence-electron chi connectivity index (χ2n) is 4.34. The molecule has 0 atom stereocenters. The van der Waals surface area contributed by atoms with Crippen LogP contribution in [-0.4, -0.2) is 0 Å². The molecule has 0 amide bonds. The second kappa shape index (κ2) is 10.5. The monoisotopic (exact) mass is 488 g/mol. The van der Waals surface area contributed by atoms with E-state index >= 15 is 0 Å². The van der Waals surface area contributed by atoms with Gasteiger partial charge in [-0.3, -0.25) is 0 Å². The van der Waals surface area contributed by atoms with E-state index in [4.69, 9.17) is 0 Å². The summed E-state index contributed by atoms with van der Waals surface area (Å²) in [5.74, 6) is 0. The molecule has 0 bridgehead atoms. The Morgan fingerprint density at radius 2 is 0.727 bits per heavy atom. The fraction of sp³-hybridized carbons (Fsp3) is 0.0500. The smallest absolute Gasteiger partial charge is 0.346 e. The van der Waals surface area contributed by atoms with Crippen LogP contribution in [0.1, 0.15) is 6.92 Å². The summed E-state index contributed by atoms with van der Waals surface area (Å²) in [6.45, 7) is 5.00. The summed E-state index contributed by atoms with van der Waals surface area (Å²) in [5, 5.41) is 4.19. The van der Waals surface area contributed by atoms with E-state index in [0.29, 0.717) is 0 Å². The summed E-state index contributed by atoms with van der Waals surface area (Å²) in [4.78, 5) is 0. The summed E-state index contributed by atoms with van der Waals surface area (Å²) in [6.07, 6.45) is 0. The molecule has 116 valence electrons. The molecule has 0 nitrogen and oxygen atoms in total. The van der Waals surface area contributed by atoms with Crippen molar-refractivity contribution < 1.29 is 22.4 Å². The molecule has 0 fully saturated rings. The van der Waals surface area contributed by atoms with Crippen molar-refractivity contribution in [2.45, 2.75) is 6.92 Å². The van der Waals surface area contributed by atoms with Gasteiger partial charge in [0.25, 0.3) is 0 Å². The van der Waals surface area contributed by atoms with Crippen molar-refractivity contribution in [1.82, 2.24) is 0 Å². The van der Waals surface area contributed by atoms with Gasteiger partial charge in [-0.05, 0) is 23.8 Å². The quantitative estimate of drug-likeness (QED) is 0.294. The van der Waals surface area contributed by atoms with Crippen LogP contribution < -0.4 is 15.9 Å². The maximum Gasteiger partial charge on any atom is 1.00 e. The molecule has 0 aliphatic carbocycles. The van der Waals surface area contributed by atoms with E-state index in [-0.39, 0.29) is 22.4 Å². The second-order valence-corrected chi connectivity index (χ2v) is 6.56. The van der Waals surface area contributed by atoms with Crippen LogP contribution in [0.25, 0.3) is 0 Å². The van der Waals surface area contributed by atoms with Crippen LogP contribution in [0, 0.1) is 6.92 Å². The van der Waals surface area contributed by atoms with E-state index in [2.05, 4.69) is 97.9 Å². The number of benzene rings is 3. The van der Waals surface area contributed by atoms with Gasteiger partial charge in [-0.2, -0.15) is 6.92 Å². The van der Waals surface area contributed by atoms with E-state index < -0.39 is 7.92 Å². The number of rotatable bonds is 3. The molecule has 0 aromatic heterocycles. The third-order valence-corrected chi connectivity index (χ3v) is 5.49. The number of hydrogen-bond donors (Lipinski definition) is 0. The molecule has 3 rings (SSSR count). The van der Waals surface area contributed by atoms with Crippen LogP contribution in [0.4, 0.5) is 0 Å². The normalized spacial score (nSPS) is 9.41. The predicted octanol–water partition coefficient (Wildman–Crippen LogP) is 4.28. The topological polar surface area (TPSA) is 0 Å². The molecule has 0 aliphatic heterocycles. The zero-order valence-electron chi connectivity index (χ0n) is 12.6. The Kier molecular flexibility index (Phi) is 9.04. The van der Waals surface area contributed by atoms with Crippen molar-refractivity contribution in [2.75, 3.05) is 0 Å². The predicted molar refractivity (Wildman–Crippen MR) is 96.2 cm³/mol. The Morgan fingerprint density at radius 3 is 0.955 bits per heavy atom. The first-order valence-electron chi connectivity index (χ1n) is 7.11. The molecule has 0 heterocycles. The van der Waals surface area contributed by atoms with Crippen LogP contribution in [0.3, 0.4) is 0 Å². The standard InChI is InChI=1S/C18H15P.C2H5.Au/c1-4-10-16(11-5-1)19(17-12-6-2-7-13-17)18-14-8-3-9-15-18;1-2;/h1-15H;1H2,2H3;/q;-1;+1. The molecular weight excluding hydrogens is 468 g/mol. The fourth-order valence-corrected chi connectivity index (χ4v) is 4.48. The molecule has 0 N–H and O–H groups in total. The first-order chi connectivity index (χ1) is 10.4. The van der Waals surface area contributed by atoms with Crippen molar-refractivity contribution in [3.05, 3.63) is 97.9 Å². The Hall–Kier alpha value is -1.17. The molecule has 3 aromatic carbocycles. The molecule has 0 spiro atoms. The molecule has 3 aromatic rings. The van der Waals surface area contributed by atoms with Gasteiger partial charge >= 0.3 is 22.4 Å². The Balaban J connectivity index is 0.000000775. The Labute approximate surface area is 150 Å². The van der Waals surface area contributed by atoms with Crippen LogP contribution in [0.15, 0.2) is 91.0 Å². The maximum absolute atomic E-state index is 3.25. The average Bonchev–Trinajstić information content (AvgIpc) is 2.60. The van der Waals surface area contributed by atoms with Crippen molar-refractivity contribution in [2.24, 2.45) is 0 Å². The molecule has 0 saturated carbocycles. The minimum Gasteiger partial charge on any atom is -0.346 e. The van der Waals surface area contributed by atoms with Crippen molar-refractivity contribution in [3.63, 3.8) is 0 Å². The zero-order valence-corrected chi connectivity index (χ0v) is 15.7. The molecule has 0 saturated heterocycles. The van der Waals surface area contributed by atoms with Gasteiger partial charge in [-0.1, -0.05) is 91.0 Å². The van der Waals surface area contributed by atoms with Crippen LogP contribution in [0.5, 0.6) is 0 Å². The molecule has 22 heavy (non-hydrogen) atoms. The van der Waals surface area contributed by atoms with Gasteiger partial charge in [0.1, 0.15) is 0 Å². The van der Waals surface area contributed by atoms with E-state index in [1.165, 1.54) is 15.9 Å². The van der Waals surface area contributed by atoms with Gasteiger partial charge in [0.05, 0.1) is 0 Å². The summed E-state index contributed by atoms with van der Waals surface area (Å²) in [7, 11) is -0.446. The number of hydrogen-bond acceptors (Lipinski definition) is 0. The van der Waals surface area contributed by atoms with Gasteiger partial charge < -0.3 is 6.92 Å². The SMILES string of the molecule is [Au+].[CH2-]C.c1ccc(P(c2ccccc2)c2ccccc2)cc1. The largest absolute Gasteiger partial charge is 1.00 e. The summed E-state index contributed by atoms with van der Waals surface area (Å²) < 4.78 is 0. The van der Waals surface area contributed by atoms with Gasteiger partial charge in [0, 0.05) is 0 Å². The van der Waals surface area contributed by atoms with Gasteiger partial charge in [-0.25, -0.2) is 0 Å². The molecule has 2 heteroatoms. The molecule has 0 radical (unpaired) electrons. The van der Waals surface area contributed by atoms with Crippen LogP contribution in [-0.2, 0) is 22.4 Å². The van der Waals surface area contributed by atoms with Gasteiger partial charge in [-0.15, -0.1) is 0 Å². The molecular formula is C20H20AuP. The first-order valence-corrected chi connectivity index (χ1v) is 8.45. The van der Waals surface area contributed by atoms with E-state index in [1.54, 1.807) is 6.92 Å². The maximum atomic E-state index is 3.25. The minimum absolute atomic E-state index is 0. The third kappa shape index (κ3) is 4.93. The van der Waals surface area contributed by atoms with Crippen molar-refractivity contribution in [3.8, 4) is 0 Å². The van der Waals surface area contributed by atoms with Crippen LogP contribution in [0.2, 0.25) is 0 Å². The summed E-state index contributed by atoms with van der Waals surface area (Å²) >= 11 is 0. The first kappa shape index (κ1) is 18.9. The van der Waals surface area contributed by atoms with Crippen LogP contribution >= 0.6 is 7.92 Å². The molecule has 0 aliphatic rings. The summed E-state index contributed by atoms with van der Waals surface area (Å²) in [5.41, 5.74) is 0. The van der Waals surface area contributed by atoms with Gasteiger partial charge in [0.2, 0.25) is 0 Å². The van der Waals surface area contributed by atoms with Crippen molar-refractivity contribution in [1.29, 1.82) is 0 Å². The third-order valence-electron chi connectivity index (χ3n) is 3.04.